The molecule has 0 heterocycles. The molecule has 0 aliphatic carbocycles. The van der Waals surface area contributed by atoms with E-state index in [0.717, 1.165) is 5.56 Å². The van der Waals surface area contributed by atoms with Gasteiger partial charge in [-0.15, -0.1) is 0 Å². The molecule has 25 heavy (non-hydrogen) atoms. The Morgan fingerprint density at radius 1 is 0.800 bits per heavy atom. The number of rotatable bonds is 5. The average molecular weight is 351 g/mol. The molecule has 3 aromatic rings. The first-order chi connectivity index (χ1) is 12.1. The zero-order valence-electron chi connectivity index (χ0n) is 13.3. The van der Waals surface area contributed by atoms with Gasteiger partial charge in [-0.3, -0.25) is 4.79 Å². The smallest absolute Gasteiger partial charge is 0.339 e. The van der Waals surface area contributed by atoms with Gasteiger partial charge in [0.05, 0.1) is 5.56 Å². The predicted molar refractivity (Wildman–Crippen MR) is 96.9 cm³/mol. The molecule has 4 heteroatoms. The van der Waals surface area contributed by atoms with E-state index in [9.17, 15) is 9.59 Å². The van der Waals surface area contributed by atoms with Crippen LogP contribution >= 0.6 is 11.6 Å². The highest BCUT2D eigenvalue weighted by Gasteiger charge is 2.19. The van der Waals surface area contributed by atoms with Crippen LogP contribution in [0.5, 0.6) is 0 Å². The van der Waals surface area contributed by atoms with Crippen LogP contribution in [0.3, 0.4) is 0 Å². The minimum atomic E-state index is -0.542. The molecule has 0 N–H and O–H groups in total. The molecule has 0 fully saturated rings. The van der Waals surface area contributed by atoms with Crippen LogP contribution in [0.15, 0.2) is 78.9 Å². The van der Waals surface area contributed by atoms with Gasteiger partial charge in [0.2, 0.25) is 0 Å². The minimum absolute atomic E-state index is 0.0905. The molecule has 0 saturated carbocycles. The van der Waals surface area contributed by atoms with Crippen molar-refractivity contribution in [2.24, 2.45) is 0 Å². The summed E-state index contributed by atoms with van der Waals surface area (Å²) in [6, 6.07) is 22.6. The third-order valence-electron chi connectivity index (χ3n) is 3.69. The van der Waals surface area contributed by atoms with Gasteiger partial charge in [0.15, 0.2) is 5.78 Å². The average Bonchev–Trinajstić information content (AvgIpc) is 2.66. The number of ether oxygens (including phenoxy) is 1. The number of hydrogen-bond donors (Lipinski definition) is 0. The predicted octanol–water partition coefficient (Wildman–Crippen LogP) is 4.93. The largest absolute Gasteiger partial charge is 0.457 e. The zero-order chi connectivity index (χ0) is 17.6. The normalized spacial score (nSPS) is 10.3. The lowest BCUT2D eigenvalue weighted by Gasteiger charge is -2.09. The Hall–Kier alpha value is -2.91. The van der Waals surface area contributed by atoms with E-state index in [1.165, 1.54) is 0 Å². The van der Waals surface area contributed by atoms with Crippen LogP contribution in [-0.2, 0) is 11.3 Å². The summed E-state index contributed by atoms with van der Waals surface area (Å²) in [4.78, 5) is 25.1. The molecule has 0 bridgehead atoms. The topological polar surface area (TPSA) is 43.4 Å². The van der Waals surface area contributed by atoms with Gasteiger partial charge in [-0.2, -0.15) is 0 Å². The van der Waals surface area contributed by atoms with Gasteiger partial charge in [0.25, 0.3) is 0 Å². The molecular weight excluding hydrogens is 336 g/mol. The molecule has 0 aromatic heterocycles. The lowest BCUT2D eigenvalue weighted by molar-refractivity contribution is 0.0470. The molecule has 3 rings (SSSR count). The van der Waals surface area contributed by atoms with Gasteiger partial charge in [-0.1, -0.05) is 72.3 Å². The number of carbonyl (C=O) groups excluding carboxylic acids is 2. The van der Waals surface area contributed by atoms with Crippen molar-refractivity contribution in [3.8, 4) is 0 Å². The molecule has 0 spiro atoms. The fourth-order valence-electron chi connectivity index (χ4n) is 2.46. The van der Waals surface area contributed by atoms with Gasteiger partial charge in [-0.05, 0) is 23.8 Å². The van der Waals surface area contributed by atoms with Crippen molar-refractivity contribution in [2.45, 2.75) is 6.61 Å². The highest BCUT2D eigenvalue weighted by atomic mass is 35.5. The van der Waals surface area contributed by atoms with E-state index in [0.29, 0.717) is 16.1 Å². The van der Waals surface area contributed by atoms with E-state index < -0.39 is 5.97 Å². The van der Waals surface area contributed by atoms with Crippen molar-refractivity contribution in [1.82, 2.24) is 0 Å². The van der Waals surface area contributed by atoms with Crippen LogP contribution in [-0.4, -0.2) is 11.8 Å². The fourth-order valence-corrected chi connectivity index (χ4v) is 2.67. The molecule has 3 aromatic carbocycles. The Labute approximate surface area is 150 Å². The molecule has 0 amide bonds. The van der Waals surface area contributed by atoms with Crippen LogP contribution < -0.4 is 0 Å². The summed E-state index contributed by atoms with van der Waals surface area (Å²) < 4.78 is 5.35. The quantitative estimate of drug-likeness (QED) is 0.484. The van der Waals surface area contributed by atoms with Crippen molar-refractivity contribution < 1.29 is 14.3 Å². The van der Waals surface area contributed by atoms with Crippen LogP contribution in [0.1, 0.15) is 31.8 Å². The van der Waals surface area contributed by atoms with Crippen LogP contribution in [0, 0.1) is 0 Å². The SMILES string of the molecule is O=C(OCc1cccc(Cl)c1)c1ccccc1C(=O)c1ccccc1. The fraction of sp³-hybridized carbons (Fsp3) is 0.0476. The molecule has 0 radical (unpaired) electrons. The zero-order valence-corrected chi connectivity index (χ0v) is 14.1. The molecule has 124 valence electrons. The van der Waals surface area contributed by atoms with E-state index in [2.05, 4.69) is 0 Å². The highest BCUT2D eigenvalue weighted by Crippen LogP contribution is 2.17. The molecule has 0 atom stereocenters. The van der Waals surface area contributed by atoms with E-state index in [4.69, 9.17) is 16.3 Å². The summed E-state index contributed by atoms with van der Waals surface area (Å²) in [5.41, 5.74) is 1.88. The van der Waals surface area contributed by atoms with Crippen molar-refractivity contribution in [2.75, 3.05) is 0 Å². The van der Waals surface area contributed by atoms with Crippen molar-refractivity contribution >= 4 is 23.4 Å². The number of hydrogen-bond acceptors (Lipinski definition) is 3. The lowest BCUT2D eigenvalue weighted by atomic mass is 9.98. The first-order valence-corrected chi connectivity index (χ1v) is 8.13. The number of ketones is 1. The summed E-state index contributed by atoms with van der Waals surface area (Å²) in [6.45, 7) is 0.0905. The summed E-state index contributed by atoms with van der Waals surface area (Å²) >= 11 is 5.93. The maximum Gasteiger partial charge on any atom is 0.339 e. The first kappa shape index (κ1) is 16.9. The van der Waals surface area contributed by atoms with Crippen molar-refractivity contribution in [1.29, 1.82) is 0 Å². The van der Waals surface area contributed by atoms with Crippen molar-refractivity contribution in [3.63, 3.8) is 0 Å². The van der Waals surface area contributed by atoms with Crippen LogP contribution in [0.4, 0.5) is 0 Å². The van der Waals surface area contributed by atoms with Gasteiger partial charge in [-0.25, -0.2) is 4.79 Å². The van der Waals surface area contributed by atoms with E-state index in [1.54, 1.807) is 66.7 Å². The van der Waals surface area contributed by atoms with Crippen LogP contribution in [0.2, 0.25) is 5.02 Å². The Morgan fingerprint density at radius 3 is 2.20 bits per heavy atom. The standard InChI is InChI=1S/C21H15ClO3/c22-17-10-6-7-15(13-17)14-25-21(24)19-12-5-4-11-18(19)20(23)16-8-2-1-3-9-16/h1-13H,14H2. The van der Waals surface area contributed by atoms with Gasteiger partial charge >= 0.3 is 5.97 Å². The number of carbonyl (C=O) groups is 2. The second kappa shape index (κ2) is 7.77. The van der Waals surface area contributed by atoms with Gasteiger partial charge in [0.1, 0.15) is 6.61 Å². The third kappa shape index (κ3) is 4.14. The molecule has 0 unspecified atom stereocenters. The van der Waals surface area contributed by atoms with Gasteiger partial charge < -0.3 is 4.74 Å². The first-order valence-electron chi connectivity index (χ1n) is 7.75. The maximum absolute atomic E-state index is 12.7. The highest BCUT2D eigenvalue weighted by molar-refractivity contribution is 6.30. The molecule has 0 saturated heterocycles. The molecule has 3 nitrogen and oxygen atoms in total. The Bertz CT molecular complexity index is 904. The summed E-state index contributed by atoms with van der Waals surface area (Å²) in [5.74, 6) is -0.754. The summed E-state index contributed by atoms with van der Waals surface area (Å²) in [5, 5.41) is 0.577. The van der Waals surface area contributed by atoms with Gasteiger partial charge in [0, 0.05) is 16.1 Å². The van der Waals surface area contributed by atoms with E-state index in [1.807, 2.05) is 12.1 Å². The number of esters is 1. The number of halogens is 1. The Morgan fingerprint density at radius 2 is 1.48 bits per heavy atom. The van der Waals surface area contributed by atoms with E-state index >= 15 is 0 Å². The van der Waals surface area contributed by atoms with Crippen LogP contribution in [0.25, 0.3) is 0 Å². The molecule has 0 aliphatic rings. The minimum Gasteiger partial charge on any atom is -0.457 e. The summed E-state index contributed by atoms with van der Waals surface area (Å²) in [6.07, 6.45) is 0. The lowest BCUT2D eigenvalue weighted by Crippen LogP contribution is -2.12. The molecular formula is C21H15ClO3. The second-order valence-electron chi connectivity index (χ2n) is 5.45. The maximum atomic E-state index is 12.7. The van der Waals surface area contributed by atoms with Crippen molar-refractivity contribution in [3.05, 3.63) is 106 Å². The van der Waals surface area contributed by atoms with E-state index in [-0.39, 0.29) is 18.0 Å². The molecule has 0 aliphatic heterocycles. The number of benzene rings is 3. The third-order valence-corrected chi connectivity index (χ3v) is 3.92. The Balaban J connectivity index is 1.80. The monoisotopic (exact) mass is 350 g/mol. The second-order valence-corrected chi connectivity index (χ2v) is 5.88. The summed E-state index contributed by atoms with van der Waals surface area (Å²) in [7, 11) is 0. The Kier molecular flexibility index (Phi) is 5.26.